The molecule has 0 aromatic heterocycles. The van der Waals surface area contributed by atoms with E-state index in [1.54, 1.807) is 38.1 Å². The van der Waals surface area contributed by atoms with Crippen LogP contribution in [-0.2, 0) is 9.53 Å². The smallest absolute Gasteiger partial charge is 0.340 e. The number of carbonyl (C=O) groups is 2. The largest absolute Gasteiger partial charge is 0.481 e. The number of esters is 1. The van der Waals surface area contributed by atoms with Crippen molar-refractivity contribution in [3.05, 3.63) is 58.7 Å². The maximum atomic E-state index is 12.5. The van der Waals surface area contributed by atoms with E-state index in [0.717, 1.165) is 16.7 Å². The molecule has 2 rings (SSSR count). The van der Waals surface area contributed by atoms with Gasteiger partial charge < -0.3 is 14.8 Å². The topological polar surface area (TPSA) is 64.6 Å². The van der Waals surface area contributed by atoms with Gasteiger partial charge in [-0.3, -0.25) is 4.79 Å². The van der Waals surface area contributed by atoms with Gasteiger partial charge in [-0.1, -0.05) is 18.2 Å². The van der Waals surface area contributed by atoms with Crippen LogP contribution in [0.2, 0.25) is 0 Å². The molecule has 1 atom stereocenters. The second-order valence-corrected chi connectivity index (χ2v) is 6.22. The minimum absolute atomic E-state index is 0.270. The number of amides is 1. The first-order chi connectivity index (χ1) is 12.3. The average Bonchev–Trinajstić information content (AvgIpc) is 2.59. The molecule has 1 N–H and O–H groups in total. The number of anilines is 1. The normalized spacial score (nSPS) is 11.6. The number of ether oxygens (including phenoxy) is 2. The zero-order chi connectivity index (χ0) is 19.3. The lowest BCUT2D eigenvalue weighted by molar-refractivity contribution is -0.122. The first-order valence-corrected chi connectivity index (χ1v) is 8.65. The molecule has 0 saturated carbocycles. The highest BCUT2D eigenvalue weighted by Gasteiger charge is 2.20. The van der Waals surface area contributed by atoms with Gasteiger partial charge in [0, 0.05) is 0 Å². The Hall–Kier alpha value is -2.82. The summed E-state index contributed by atoms with van der Waals surface area (Å²) in [4.78, 5) is 24.6. The maximum Gasteiger partial charge on any atom is 0.340 e. The van der Waals surface area contributed by atoms with E-state index in [2.05, 4.69) is 11.4 Å². The Morgan fingerprint density at radius 1 is 1.12 bits per heavy atom. The number of carbonyl (C=O) groups excluding carboxylic acids is 2. The van der Waals surface area contributed by atoms with Gasteiger partial charge >= 0.3 is 5.97 Å². The monoisotopic (exact) mass is 355 g/mol. The molecular formula is C21H25NO4. The molecule has 0 heterocycles. The highest BCUT2D eigenvalue weighted by atomic mass is 16.5. The molecule has 0 aliphatic rings. The molecule has 26 heavy (non-hydrogen) atoms. The summed E-state index contributed by atoms with van der Waals surface area (Å²) in [5.41, 5.74) is 3.91. The Labute approximate surface area is 154 Å². The summed E-state index contributed by atoms with van der Waals surface area (Å²) in [6.07, 6.45) is -0.717. The molecule has 138 valence electrons. The van der Waals surface area contributed by atoms with E-state index in [-0.39, 0.29) is 12.5 Å². The lowest BCUT2D eigenvalue weighted by atomic mass is 10.1. The molecule has 1 amide bonds. The van der Waals surface area contributed by atoms with Crippen molar-refractivity contribution in [1.82, 2.24) is 0 Å². The fourth-order valence-corrected chi connectivity index (χ4v) is 2.58. The Morgan fingerprint density at radius 3 is 2.50 bits per heavy atom. The summed E-state index contributed by atoms with van der Waals surface area (Å²) < 4.78 is 10.9. The van der Waals surface area contributed by atoms with Gasteiger partial charge in [-0.2, -0.15) is 0 Å². The van der Waals surface area contributed by atoms with Gasteiger partial charge in [0.25, 0.3) is 5.91 Å². The third-order valence-electron chi connectivity index (χ3n) is 4.12. The van der Waals surface area contributed by atoms with Crippen molar-refractivity contribution in [2.45, 2.75) is 40.7 Å². The Balaban J connectivity index is 2.15. The van der Waals surface area contributed by atoms with Crippen molar-refractivity contribution >= 4 is 17.6 Å². The number of benzene rings is 2. The summed E-state index contributed by atoms with van der Waals surface area (Å²) in [6.45, 7) is 9.65. The molecule has 0 spiro atoms. The van der Waals surface area contributed by atoms with Gasteiger partial charge in [0.1, 0.15) is 5.75 Å². The van der Waals surface area contributed by atoms with Crippen LogP contribution < -0.4 is 10.1 Å². The molecule has 0 aliphatic heterocycles. The average molecular weight is 355 g/mol. The zero-order valence-corrected chi connectivity index (χ0v) is 15.9. The molecule has 0 bridgehead atoms. The van der Waals surface area contributed by atoms with Crippen molar-refractivity contribution in [3.8, 4) is 5.75 Å². The van der Waals surface area contributed by atoms with Crippen LogP contribution in [0.5, 0.6) is 5.75 Å². The van der Waals surface area contributed by atoms with E-state index in [1.807, 2.05) is 26.8 Å². The molecule has 0 radical (unpaired) electrons. The minimum Gasteiger partial charge on any atom is -0.481 e. The summed E-state index contributed by atoms with van der Waals surface area (Å²) >= 11 is 0. The fraction of sp³-hybridized carbons (Fsp3) is 0.333. The lowest BCUT2D eigenvalue weighted by Gasteiger charge is -2.18. The van der Waals surface area contributed by atoms with Gasteiger partial charge in [-0.15, -0.1) is 0 Å². The van der Waals surface area contributed by atoms with E-state index in [0.29, 0.717) is 17.0 Å². The quantitative estimate of drug-likeness (QED) is 0.789. The summed E-state index contributed by atoms with van der Waals surface area (Å²) in [5, 5.41) is 2.75. The maximum absolute atomic E-state index is 12.5. The summed E-state index contributed by atoms with van der Waals surface area (Å²) in [6, 6.07) is 10.7. The van der Waals surface area contributed by atoms with Crippen LogP contribution in [0.15, 0.2) is 36.4 Å². The number of rotatable bonds is 6. The second kappa shape index (κ2) is 8.52. The van der Waals surface area contributed by atoms with Gasteiger partial charge in [0.05, 0.1) is 17.9 Å². The van der Waals surface area contributed by atoms with Crippen molar-refractivity contribution in [2.75, 3.05) is 11.9 Å². The van der Waals surface area contributed by atoms with Crippen molar-refractivity contribution in [3.63, 3.8) is 0 Å². The standard InChI is InChI=1S/C21H25NO4/c1-6-25-21(24)17-9-7-8-10-18(17)22-20(23)16(5)26-19-12-13(2)11-14(3)15(19)4/h7-12,16H,6H2,1-5H3,(H,22,23)/t16-/m0/s1. The third-order valence-corrected chi connectivity index (χ3v) is 4.12. The van der Waals surface area contributed by atoms with Gasteiger partial charge in [-0.05, 0) is 69.5 Å². The van der Waals surface area contributed by atoms with Crippen LogP contribution in [0.1, 0.15) is 40.9 Å². The van der Waals surface area contributed by atoms with Crippen LogP contribution >= 0.6 is 0 Å². The van der Waals surface area contributed by atoms with Gasteiger partial charge in [0.15, 0.2) is 6.10 Å². The molecule has 5 heteroatoms. The highest BCUT2D eigenvalue weighted by molar-refractivity contribution is 6.02. The predicted octanol–water partition coefficient (Wildman–Crippen LogP) is 4.19. The zero-order valence-electron chi connectivity index (χ0n) is 15.9. The predicted molar refractivity (Wildman–Crippen MR) is 102 cm³/mol. The summed E-state index contributed by atoms with van der Waals surface area (Å²) in [7, 11) is 0. The number of hydrogen-bond acceptors (Lipinski definition) is 4. The lowest BCUT2D eigenvalue weighted by Crippen LogP contribution is -2.31. The first kappa shape index (κ1) is 19.5. The van der Waals surface area contributed by atoms with E-state index >= 15 is 0 Å². The highest BCUT2D eigenvalue weighted by Crippen LogP contribution is 2.25. The molecule has 2 aromatic rings. The number of nitrogens with one attached hydrogen (secondary N) is 1. The van der Waals surface area contributed by atoms with E-state index in [1.165, 1.54) is 0 Å². The second-order valence-electron chi connectivity index (χ2n) is 6.22. The van der Waals surface area contributed by atoms with Crippen molar-refractivity contribution < 1.29 is 19.1 Å². The molecule has 2 aromatic carbocycles. The molecule has 0 aliphatic carbocycles. The third kappa shape index (κ3) is 4.63. The van der Waals surface area contributed by atoms with Crippen molar-refractivity contribution in [1.29, 1.82) is 0 Å². The SMILES string of the molecule is CCOC(=O)c1ccccc1NC(=O)[C@H](C)Oc1cc(C)cc(C)c1C. The van der Waals surface area contributed by atoms with Crippen LogP contribution in [0.4, 0.5) is 5.69 Å². The molecule has 0 unspecified atom stereocenters. The van der Waals surface area contributed by atoms with Crippen LogP contribution in [-0.4, -0.2) is 24.6 Å². The molecular weight excluding hydrogens is 330 g/mol. The molecule has 5 nitrogen and oxygen atoms in total. The minimum atomic E-state index is -0.717. The van der Waals surface area contributed by atoms with E-state index < -0.39 is 12.1 Å². The Bertz CT molecular complexity index is 814. The van der Waals surface area contributed by atoms with E-state index in [9.17, 15) is 9.59 Å². The summed E-state index contributed by atoms with van der Waals surface area (Å²) in [5.74, 6) is -0.119. The van der Waals surface area contributed by atoms with Crippen molar-refractivity contribution in [2.24, 2.45) is 0 Å². The fourth-order valence-electron chi connectivity index (χ4n) is 2.58. The van der Waals surface area contributed by atoms with Gasteiger partial charge in [0.2, 0.25) is 0 Å². The van der Waals surface area contributed by atoms with Gasteiger partial charge in [-0.25, -0.2) is 4.79 Å². The first-order valence-electron chi connectivity index (χ1n) is 8.65. The van der Waals surface area contributed by atoms with Crippen LogP contribution in [0.25, 0.3) is 0 Å². The van der Waals surface area contributed by atoms with Crippen LogP contribution in [0.3, 0.4) is 0 Å². The molecule has 0 saturated heterocycles. The Kier molecular flexibility index (Phi) is 6.39. The number of para-hydroxylation sites is 1. The number of aryl methyl sites for hydroxylation is 2. The van der Waals surface area contributed by atoms with Crippen LogP contribution in [0, 0.1) is 20.8 Å². The molecule has 0 fully saturated rings. The number of hydrogen-bond donors (Lipinski definition) is 1. The Morgan fingerprint density at radius 2 is 1.81 bits per heavy atom. The van der Waals surface area contributed by atoms with E-state index in [4.69, 9.17) is 9.47 Å².